The van der Waals surface area contributed by atoms with E-state index in [0.717, 1.165) is 34.4 Å². The molecule has 0 aliphatic heterocycles. The van der Waals surface area contributed by atoms with Crippen molar-refractivity contribution >= 4 is 21.8 Å². The zero-order valence-corrected chi connectivity index (χ0v) is 18.3. The van der Waals surface area contributed by atoms with Gasteiger partial charge in [0.1, 0.15) is 0 Å². The molecule has 5 N–H and O–H groups in total. The fourth-order valence-corrected chi connectivity index (χ4v) is 4.82. The van der Waals surface area contributed by atoms with Crippen molar-refractivity contribution in [2.75, 3.05) is 13.7 Å². The highest BCUT2D eigenvalue weighted by Crippen LogP contribution is 2.41. The maximum atomic E-state index is 10.2. The summed E-state index contributed by atoms with van der Waals surface area (Å²) in [6.07, 6.45) is 0.768. The minimum Gasteiger partial charge on any atom is -0.504 e. The number of aromatic hydroxyl groups is 1. The van der Waals surface area contributed by atoms with E-state index in [1.54, 1.807) is 13.2 Å². The molecule has 5 rings (SSSR count). The summed E-state index contributed by atoms with van der Waals surface area (Å²) in [6, 6.07) is 22.3. The van der Waals surface area contributed by atoms with E-state index in [4.69, 9.17) is 10.5 Å². The molecule has 32 heavy (non-hydrogen) atoms. The van der Waals surface area contributed by atoms with Crippen molar-refractivity contribution in [1.82, 2.24) is 9.97 Å². The second-order valence-corrected chi connectivity index (χ2v) is 8.18. The Labute approximate surface area is 186 Å². The molecule has 0 saturated heterocycles. The zero-order valence-electron chi connectivity index (χ0n) is 18.3. The molecule has 0 aliphatic rings. The number of ether oxygens (including phenoxy) is 1. The first-order chi connectivity index (χ1) is 15.6. The lowest BCUT2D eigenvalue weighted by atomic mass is 9.87. The van der Waals surface area contributed by atoms with Gasteiger partial charge in [-0.2, -0.15) is 0 Å². The fourth-order valence-electron chi connectivity index (χ4n) is 4.82. The standard InChI is InChI=1S/C27H27N3O2/c1-16-18-7-3-5-9-21(18)29-26(16)25(17-11-12-23(31)24(15-17)32-2)27-20(13-14-28)19-8-4-6-10-22(19)30-27/h3-12,15,25,29-31H,13-14,28H2,1-2H3. The van der Waals surface area contributed by atoms with Gasteiger partial charge in [-0.3, -0.25) is 0 Å². The molecular weight excluding hydrogens is 398 g/mol. The Balaban J connectivity index is 1.82. The second-order valence-electron chi connectivity index (χ2n) is 8.18. The molecular formula is C27H27N3O2. The molecule has 1 atom stereocenters. The topological polar surface area (TPSA) is 87.1 Å². The summed E-state index contributed by atoms with van der Waals surface area (Å²) in [5.74, 6) is 0.478. The van der Waals surface area contributed by atoms with Crippen LogP contribution in [0.4, 0.5) is 0 Å². The molecule has 0 radical (unpaired) electrons. The molecule has 5 nitrogen and oxygen atoms in total. The molecule has 0 aliphatic carbocycles. The lowest BCUT2D eigenvalue weighted by Crippen LogP contribution is -2.11. The minimum absolute atomic E-state index is 0.106. The van der Waals surface area contributed by atoms with E-state index in [9.17, 15) is 5.11 Å². The average Bonchev–Trinajstić information content (AvgIpc) is 3.34. The van der Waals surface area contributed by atoms with Gasteiger partial charge < -0.3 is 25.5 Å². The molecule has 162 valence electrons. The Morgan fingerprint density at radius 3 is 2.25 bits per heavy atom. The number of methoxy groups -OCH3 is 1. The van der Waals surface area contributed by atoms with Gasteiger partial charge in [-0.25, -0.2) is 0 Å². The van der Waals surface area contributed by atoms with Crippen LogP contribution in [0, 0.1) is 6.92 Å². The number of hydrogen-bond acceptors (Lipinski definition) is 3. The molecule has 0 spiro atoms. The van der Waals surface area contributed by atoms with Crippen molar-refractivity contribution in [3.8, 4) is 11.5 Å². The summed E-state index contributed by atoms with van der Waals surface area (Å²) < 4.78 is 5.44. The van der Waals surface area contributed by atoms with Gasteiger partial charge >= 0.3 is 0 Å². The Hall–Kier alpha value is -3.70. The maximum Gasteiger partial charge on any atom is 0.160 e. The Morgan fingerprint density at radius 2 is 1.56 bits per heavy atom. The maximum absolute atomic E-state index is 10.2. The number of benzene rings is 3. The molecule has 1 unspecified atom stereocenters. The van der Waals surface area contributed by atoms with Gasteiger partial charge in [0.15, 0.2) is 11.5 Å². The number of nitrogens with two attached hydrogens (primary N) is 1. The number of fused-ring (bicyclic) bond motifs is 2. The molecule has 0 bridgehead atoms. The van der Waals surface area contributed by atoms with Gasteiger partial charge in [-0.15, -0.1) is 0 Å². The Morgan fingerprint density at radius 1 is 0.906 bits per heavy atom. The lowest BCUT2D eigenvalue weighted by Gasteiger charge is -2.20. The molecule has 0 amide bonds. The van der Waals surface area contributed by atoms with E-state index in [0.29, 0.717) is 12.3 Å². The van der Waals surface area contributed by atoms with Crippen molar-refractivity contribution in [2.45, 2.75) is 19.3 Å². The predicted molar refractivity (Wildman–Crippen MR) is 130 cm³/mol. The number of phenols is 1. The van der Waals surface area contributed by atoms with Crippen LogP contribution in [0.3, 0.4) is 0 Å². The van der Waals surface area contributed by atoms with Crippen LogP contribution in [0.15, 0.2) is 66.7 Å². The number of aryl methyl sites for hydroxylation is 1. The number of phenolic OH excluding ortho intramolecular Hbond substituents is 1. The summed E-state index contributed by atoms with van der Waals surface area (Å²) in [4.78, 5) is 7.36. The zero-order chi connectivity index (χ0) is 22.2. The van der Waals surface area contributed by atoms with Gasteiger partial charge in [-0.1, -0.05) is 42.5 Å². The largest absolute Gasteiger partial charge is 0.504 e. The number of para-hydroxylation sites is 2. The van der Waals surface area contributed by atoms with Crippen molar-refractivity contribution < 1.29 is 9.84 Å². The van der Waals surface area contributed by atoms with Crippen LogP contribution in [0.5, 0.6) is 11.5 Å². The molecule has 2 aromatic heterocycles. The highest BCUT2D eigenvalue weighted by molar-refractivity contribution is 5.87. The number of aromatic nitrogens is 2. The molecule has 5 aromatic rings. The third-order valence-corrected chi connectivity index (χ3v) is 6.36. The quantitative estimate of drug-likeness (QED) is 0.296. The second kappa shape index (κ2) is 8.09. The molecule has 3 aromatic carbocycles. The lowest BCUT2D eigenvalue weighted by molar-refractivity contribution is 0.373. The van der Waals surface area contributed by atoms with E-state index in [1.807, 2.05) is 24.3 Å². The number of H-pyrrole nitrogens is 2. The highest BCUT2D eigenvalue weighted by atomic mass is 16.5. The van der Waals surface area contributed by atoms with E-state index in [-0.39, 0.29) is 11.7 Å². The van der Waals surface area contributed by atoms with Crippen LogP contribution >= 0.6 is 0 Å². The Kier molecular flexibility index (Phi) is 5.11. The minimum atomic E-state index is -0.106. The van der Waals surface area contributed by atoms with E-state index in [2.05, 4.69) is 53.3 Å². The smallest absolute Gasteiger partial charge is 0.160 e. The third-order valence-electron chi connectivity index (χ3n) is 6.36. The summed E-state index contributed by atoms with van der Waals surface area (Å²) in [7, 11) is 1.57. The molecule has 0 saturated carbocycles. The van der Waals surface area contributed by atoms with Crippen molar-refractivity contribution in [3.05, 3.63) is 94.8 Å². The van der Waals surface area contributed by atoms with Crippen LogP contribution in [0.1, 0.15) is 34.0 Å². The van der Waals surface area contributed by atoms with Crippen LogP contribution in [0.25, 0.3) is 21.8 Å². The van der Waals surface area contributed by atoms with Gasteiger partial charge in [0.25, 0.3) is 0 Å². The van der Waals surface area contributed by atoms with Crippen molar-refractivity contribution in [2.24, 2.45) is 5.73 Å². The third kappa shape index (κ3) is 3.22. The number of aromatic amines is 2. The average molecular weight is 426 g/mol. The van der Waals surface area contributed by atoms with Crippen molar-refractivity contribution in [3.63, 3.8) is 0 Å². The first kappa shape index (κ1) is 20.2. The van der Waals surface area contributed by atoms with Crippen LogP contribution < -0.4 is 10.5 Å². The summed E-state index contributed by atoms with van der Waals surface area (Å²) >= 11 is 0. The van der Waals surface area contributed by atoms with Crippen LogP contribution in [-0.2, 0) is 6.42 Å². The predicted octanol–water partition coefficient (Wildman–Crippen LogP) is 5.35. The first-order valence-electron chi connectivity index (χ1n) is 10.9. The van der Waals surface area contributed by atoms with E-state index >= 15 is 0 Å². The molecule has 5 heteroatoms. The number of rotatable bonds is 6. The van der Waals surface area contributed by atoms with Gasteiger partial charge in [0.05, 0.1) is 13.0 Å². The summed E-state index contributed by atoms with van der Waals surface area (Å²) in [5.41, 5.74) is 13.9. The van der Waals surface area contributed by atoms with E-state index in [1.165, 1.54) is 21.9 Å². The molecule has 2 heterocycles. The summed E-state index contributed by atoms with van der Waals surface area (Å²) in [6.45, 7) is 2.72. The first-order valence-corrected chi connectivity index (χ1v) is 10.9. The monoisotopic (exact) mass is 425 g/mol. The fraction of sp³-hybridized carbons (Fsp3) is 0.185. The summed E-state index contributed by atoms with van der Waals surface area (Å²) in [5, 5.41) is 12.6. The molecule has 0 fully saturated rings. The van der Waals surface area contributed by atoms with Crippen LogP contribution in [0.2, 0.25) is 0 Å². The van der Waals surface area contributed by atoms with Crippen molar-refractivity contribution in [1.29, 1.82) is 0 Å². The van der Waals surface area contributed by atoms with Gasteiger partial charge in [0, 0.05) is 33.2 Å². The highest BCUT2D eigenvalue weighted by Gasteiger charge is 2.27. The number of nitrogens with one attached hydrogen (secondary N) is 2. The van der Waals surface area contributed by atoms with Crippen LogP contribution in [-0.4, -0.2) is 28.7 Å². The van der Waals surface area contributed by atoms with Gasteiger partial charge in [0.2, 0.25) is 0 Å². The SMILES string of the molecule is COc1cc(C(c2[nH]c3ccccc3c2C)c2[nH]c3ccccc3c2CCN)ccc1O. The normalized spacial score (nSPS) is 12.5. The number of hydrogen-bond donors (Lipinski definition) is 4. The van der Waals surface area contributed by atoms with E-state index < -0.39 is 0 Å². The Bertz CT molecular complexity index is 1410. The van der Waals surface area contributed by atoms with Gasteiger partial charge in [-0.05, 0) is 60.8 Å².